The number of carbonyl (C=O) groups is 2. The highest BCUT2D eigenvalue weighted by atomic mass is 16.5. The number of pyridine rings is 1. The monoisotopic (exact) mass is 243 g/mol. The lowest BCUT2D eigenvalue weighted by Gasteiger charge is -2.04. The zero-order valence-corrected chi connectivity index (χ0v) is 10.3. The average molecular weight is 243 g/mol. The Balaban J connectivity index is 2.42. The smallest absolute Gasteiger partial charge is 0.379 e. The summed E-state index contributed by atoms with van der Waals surface area (Å²) in [6, 6.07) is 5.11. The van der Waals surface area contributed by atoms with Crippen LogP contribution >= 0.6 is 0 Å². The number of benzene rings is 1. The molecule has 0 radical (unpaired) electrons. The Kier molecular flexibility index (Phi) is 3.37. The number of aryl methyl sites for hydroxylation is 1. The Bertz CT molecular complexity index is 619. The molecule has 0 bridgehead atoms. The second kappa shape index (κ2) is 4.96. The largest absolute Gasteiger partial charge is 0.460 e. The van der Waals surface area contributed by atoms with E-state index in [0.29, 0.717) is 5.56 Å². The molecule has 0 N–H and O–H groups in total. The van der Waals surface area contributed by atoms with Gasteiger partial charge in [-0.2, -0.15) is 0 Å². The molecule has 4 heteroatoms. The topological polar surface area (TPSA) is 56.3 Å². The molecule has 2 rings (SSSR count). The predicted octanol–water partition coefficient (Wildman–Crippen LogP) is 2.29. The zero-order valence-electron chi connectivity index (χ0n) is 10.3. The van der Waals surface area contributed by atoms with Gasteiger partial charge in [0.2, 0.25) is 0 Å². The summed E-state index contributed by atoms with van der Waals surface area (Å²) in [7, 11) is 0. The summed E-state index contributed by atoms with van der Waals surface area (Å²) < 4.78 is 4.69. The van der Waals surface area contributed by atoms with Crippen molar-refractivity contribution in [3.8, 4) is 0 Å². The summed E-state index contributed by atoms with van der Waals surface area (Å²) in [5.74, 6) is -1.45. The van der Waals surface area contributed by atoms with Crippen molar-refractivity contribution in [1.29, 1.82) is 0 Å². The molecule has 0 aliphatic carbocycles. The first-order valence-electron chi connectivity index (χ1n) is 5.69. The zero-order chi connectivity index (χ0) is 13.1. The second-order valence-corrected chi connectivity index (χ2v) is 3.94. The molecule has 1 heterocycles. The average Bonchev–Trinajstić information content (AvgIpc) is 2.38. The lowest BCUT2D eigenvalue weighted by atomic mass is 10.0. The molecule has 4 nitrogen and oxygen atoms in total. The molecule has 0 aliphatic rings. The van der Waals surface area contributed by atoms with Crippen LogP contribution in [-0.4, -0.2) is 23.3 Å². The Labute approximate surface area is 105 Å². The van der Waals surface area contributed by atoms with Crippen LogP contribution in [0.3, 0.4) is 0 Å². The number of esters is 1. The number of hydrogen-bond donors (Lipinski definition) is 0. The summed E-state index contributed by atoms with van der Waals surface area (Å²) >= 11 is 0. The maximum absolute atomic E-state index is 11.8. The van der Waals surface area contributed by atoms with Crippen molar-refractivity contribution >= 4 is 22.5 Å². The maximum Gasteiger partial charge on any atom is 0.379 e. The van der Waals surface area contributed by atoms with Crippen molar-refractivity contribution in [1.82, 2.24) is 4.98 Å². The molecule has 92 valence electrons. The Morgan fingerprint density at radius 3 is 2.78 bits per heavy atom. The molecular weight excluding hydrogens is 230 g/mol. The van der Waals surface area contributed by atoms with Gasteiger partial charge in [-0.1, -0.05) is 12.1 Å². The van der Waals surface area contributed by atoms with E-state index in [4.69, 9.17) is 0 Å². The van der Waals surface area contributed by atoms with E-state index < -0.39 is 11.8 Å². The molecule has 0 aliphatic heterocycles. The number of fused-ring (bicyclic) bond motifs is 1. The SMILES string of the molecule is CCOC(=O)C(=O)c1ccc2c(C)cncc2c1. The van der Waals surface area contributed by atoms with E-state index in [-0.39, 0.29) is 6.61 Å². The summed E-state index contributed by atoms with van der Waals surface area (Å²) in [5, 5.41) is 1.86. The molecule has 0 spiro atoms. The van der Waals surface area contributed by atoms with E-state index in [1.807, 2.05) is 13.0 Å². The first-order valence-corrected chi connectivity index (χ1v) is 5.69. The second-order valence-electron chi connectivity index (χ2n) is 3.94. The van der Waals surface area contributed by atoms with Crippen LogP contribution in [0.15, 0.2) is 30.6 Å². The lowest BCUT2D eigenvalue weighted by molar-refractivity contribution is -0.137. The molecule has 2 aromatic rings. The van der Waals surface area contributed by atoms with Crippen molar-refractivity contribution in [3.63, 3.8) is 0 Å². The first kappa shape index (κ1) is 12.2. The van der Waals surface area contributed by atoms with Gasteiger partial charge in [-0.25, -0.2) is 4.79 Å². The number of carbonyl (C=O) groups excluding carboxylic acids is 2. The van der Waals surface area contributed by atoms with Crippen LogP contribution in [0.1, 0.15) is 22.8 Å². The quantitative estimate of drug-likeness (QED) is 0.471. The van der Waals surface area contributed by atoms with Gasteiger partial charge in [-0.3, -0.25) is 9.78 Å². The minimum atomic E-state index is -0.822. The van der Waals surface area contributed by atoms with E-state index in [2.05, 4.69) is 9.72 Å². The van der Waals surface area contributed by atoms with Gasteiger partial charge in [0.15, 0.2) is 0 Å². The third-order valence-electron chi connectivity index (χ3n) is 2.68. The lowest BCUT2D eigenvalue weighted by Crippen LogP contribution is -2.17. The molecule has 18 heavy (non-hydrogen) atoms. The van der Waals surface area contributed by atoms with Crippen molar-refractivity contribution in [2.45, 2.75) is 13.8 Å². The van der Waals surface area contributed by atoms with Gasteiger partial charge in [0, 0.05) is 23.3 Å². The van der Waals surface area contributed by atoms with Gasteiger partial charge in [-0.15, -0.1) is 0 Å². The summed E-state index contributed by atoms with van der Waals surface area (Å²) in [4.78, 5) is 27.2. The van der Waals surface area contributed by atoms with Gasteiger partial charge in [0.1, 0.15) is 0 Å². The van der Waals surface area contributed by atoms with Crippen LogP contribution in [-0.2, 0) is 9.53 Å². The van der Waals surface area contributed by atoms with Crippen LogP contribution in [0.25, 0.3) is 10.8 Å². The van der Waals surface area contributed by atoms with Crippen LogP contribution in [0.4, 0.5) is 0 Å². The van der Waals surface area contributed by atoms with Gasteiger partial charge in [0.05, 0.1) is 6.61 Å². The Morgan fingerprint density at radius 1 is 1.28 bits per heavy atom. The molecule has 0 atom stereocenters. The van der Waals surface area contributed by atoms with Crippen molar-refractivity contribution < 1.29 is 14.3 Å². The van der Waals surface area contributed by atoms with Gasteiger partial charge in [0.25, 0.3) is 5.78 Å². The van der Waals surface area contributed by atoms with Crippen molar-refractivity contribution in [2.24, 2.45) is 0 Å². The van der Waals surface area contributed by atoms with E-state index in [1.54, 1.807) is 31.5 Å². The highest BCUT2D eigenvalue weighted by Crippen LogP contribution is 2.18. The highest BCUT2D eigenvalue weighted by Gasteiger charge is 2.17. The normalized spacial score (nSPS) is 10.3. The number of nitrogens with zero attached hydrogens (tertiary/aromatic N) is 1. The fraction of sp³-hybridized carbons (Fsp3) is 0.214. The number of aromatic nitrogens is 1. The van der Waals surface area contributed by atoms with E-state index in [0.717, 1.165) is 16.3 Å². The number of hydrogen-bond acceptors (Lipinski definition) is 4. The minimum absolute atomic E-state index is 0.193. The molecule has 1 aromatic carbocycles. The van der Waals surface area contributed by atoms with Crippen LogP contribution in [0, 0.1) is 6.92 Å². The van der Waals surface area contributed by atoms with E-state index >= 15 is 0 Å². The molecular formula is C14H13NO3. The maximum atomic E-state index is 11.8. The number of ether oxygens (including phenoxy) is 1. The number of rotatable bonds is 3. The first-order chi connectivity index (χ1) is 8.63. The molecule has 1 aromatic heterocycles. The summed E-state index contributed by atoms with van der Waals surface area (Å²) in [6.45, 7) is 3.81. The van der Waals surface area contributed by atoms with Crippen molar-refractivity contribution in [2.75, 3.05) is 6.61 Å². The Morgan fingerprint density at radius 2 is 2.06 bits per heavy atom. The fourth-order valence-corrected chi connectivity index (χ4v) is 1.78. The van der Waals surface area contributed by atoms with Gasteiger partial charge in [-0.05, 0) is 30.9 Å². The molecule has 0 saturated carbocycles. The van der Waals surface area contributed by atoms with E-state index in [9.17, 15) is 9.59 Å². The number of Topliss-reactive ketones (excluding diaryl/α,β-unsaturated/α-hetero) is 1. The molecule has 0 unspecified atom stereocenters. The van der Waals surface area contributed by atoms with Gasteiger partial charge < -0.3 is 4.74 Å². The third-order valence-corrected chi connectivity index (χ3v) is 2.68. The summed E-state index contributed by atoms with van der Waals surface area (Å²) in [6.07, 6.45) is 3.43. The van der Waals surface area contributed by atoms with Crippen LogP contribution in [0.5, 0.6) is 0 Å². The Hall–Kier alpha value is -2.23. The van der Waals surface area contributed by atoms with Gasteiger partial charge >= 0.3 is 5.97 Å². The standard InChI is InChI=1S/C14H13NO3/c1-3-18-14(17)13(16)10-4-5-12-9(2)7-15-8-11(12)6-10/h4-8H,3H2,1-2H3. The highest BCUT2D eigenvalue weighted by molar-refractivity contribution is 6.40. The third kappa shape index (κ3) is 2.22. The molecule has 0 fully saturated rings. The van der Waals surface area contributed by atoms with Crippen LogP contribution < -0.4 is 0 Å². The molecule has 0 saturated heterocycles. The fourth-order valence-electron chi connectivity index (χ4n) is 1.78. The predicted molar refractivity (Wildman–Crippen MR) is 67.4 cm³/mol. The van der Waals surface area contributed by atoms with Crippen LogP contribution in [0.2, 0.25) is 0 Å². The van der Waals surface area contributed by atoms with Crippen molar-refractivity contribution in [3.05, 3.63) is 41.7 Å². The number of ketones is 1. The van der Waals surface area contributed by atoms with E-state index in [1.165, 1.54) is 0 Å². The molecule has 0 amide bonds. The summed E-state index contributed by atoms with van der Waals surface area (Å²) in [5.41, 5.74) is 1.36. The minimum Gasteiger partial charge on any atom is -0.460 e.